The first-order chi connectivity index (χ1) is 13.2. The van der Waals surface area contributed by atoms with Crippen molar-refractivity contribution >= 4 is 5.91 Å². The zero-order valence-electron chi connectivity index (χ0n) is 15.3. The van der Waals surface area contributed by atoms with Crippen LogP contribution in [0.15, 0.2) is 41.3 Å². The number of rotatable bonds is 6. The molecule has 1 unspecified atom stereocenters. The predicted molar refractivity (Wildman–Crippen MR) is 97.8 cm³/mol. The van der Waals surface area contributed by atoms with Crippen LogP contribution in [0, 0.1) is 5.92 Å². The Labute approximate surface area is 157 Å². The zero-order chi connectivity index (χ0) is 18.6. The molecule has 0 radical (unpaired) electrons. The molecule has 1 aliphatic heterocycles. The van der Waals surface area contributed by atoms with Gasteiger partial charge in [0.05, 0.1) is 5.56 Å². The molecule has 8 heteroatoms. The van der Waals surface area contributed by atoms with Crippen LogP contribution < -0.4 is 0 Å². The van der Waals surface area contributed by atoms with Crippen LogP contribution in [-0.2, 0) is 13.0 Å². The summed E-state index contributed by atoms with van der Waals surface area (Å²) in [5.74, 6) is 1.65. The number of likely N-dealkylation sites (tertiary alicyclic amines) is 1. The van der Waals surface area contributed by atoms with Gasteiger partial charge in [-0.1, -0.05) is 5.16 Å². The van der Waals surface area contributed by atoms with Crippen molar-refractivity contribution in [3.8, 4) is 11.5 Å². The van der Waals surface area contributed by atoms with E-state index < -0.39 is 0 Å². The zero-order valence-corrected chi connectivity index (χ0v) is 15.3. The molecular weight excluding hydrogens is 344 g/mol. The summed E-state index contributed by atoms with van der Waals surface area (Å²) in [6, 6.07) is 5.52. The molecule has 1 atom stereocenters. The standard InChI is InChI=1S/C19H22N6O2/c1-2-25-11-8-16(22-25)19(26)24-10-7-14(13-24)5-6-17-21-18(27-23-17)15-4-3-9-20-12-15/h3-4,8-9,11-12,14H,2,5-7,10,13H2,1H3. The maximum atomic E-state index is 12.6. The maximum absolute atomic E-state index is 12.6. The summed E-state index contributed by atoms with van der Waals surface area (Å²) >= 11 is 0. The molecule has 27 heavy (non-hydrogen) atoms. The van der Waals surface area contributed by atoms with Crippen LogP contribution >= 0.6 is 0 Å². The van der Waals surface area contributed by atoms with Gasteiger partial charge in [-0.3, -0.25) is 14.5 Å². The Morgan fingerprint density at radius 2 is 2.30 bits per heavy atom. The van der Waals surface area contributed by atoms with E-state index in [1.807, 2.05) is 30.2 Å². The summed E-state index contributed by atoms with van der Waals surface area (Å²) in [6.45, 7) is 4.30. The van der Waals surface area contributed by atoms with Crippen LogP contribution in [0.1, 0.15) is 36.1 Å². The van der Waals surface area contributed by atoms with Gasteiger partial charge in [0.2, 0.25) is 0 Å². The van der Waals surface area contributed by atoms with E-state index in [1.54, 1.807) is 23.1 Å². The van der Waals surface area contributed by atoms with Crippen LogP contribution in [0.4, 0.5) is 0 Å². The maximum Gasteiger partial charge on any atom is 0.274 e. The van der Waals surface area contributed by atoms with E-state index in [9.17, 15) is 4.79 Å². The van der Waals surface area contributed by atoms with Gasteiger partial charge in [0.15, 0.2) is 5.82 Å². The third kappa shape index (κ3) is 3.89. The van der Waals surface area contributed by atoms with Crippen molar-refractivity contribution in [2.24, 2.45) is 5.92 Å². The Morgan fingerprint density at radius 3 is 3.07 bits per heavy atom. The lowest BCUT2D eigenvalue weighted by atomic mass is 10.0. The second-order valence-electron chi connectivity index (χ2n) is 6.76. The number of amides is 1. The fourth-order valence-electron chi connectivity index (χ4n) is 3.36. The highest BCUT2D eigenvalue weighted by Crippen LogP contribution is 2.23. The van der Waals surface area contributed by atoms with E-state index in [-0.39, 0.29) is 5.91 Å². The van der Waals surface area contributed by atoms with Crippen molar-refractivity contribution in [3.63, 3.8) is 0 Å². The van der Waals surface area contributed by atoms with Crippen LogP contribution in [0.2, 0.25) is 0 Å². The molecule has 0 aromatic carbocycles. The third-order valence-electron chi connectivity index (χ3n) is 4.91. The highest BCUT2D eigenvalue weighted by molar-refractivity contribution is 5.92. The molecule has 140 valence electrons. The topological polar surface area (TPSA) is 89.9 Å². The Kier molecular flexibility index (Phi) is 4.95. The van der Waals surface area contributed by atoms with Crippen LogP contribution in [0.3, 0.4) is 0 Å². The van der Waals surface area contributed by atoms with Crippen molar-refractivity contribution in [2.75, 3.05) is 13.1 Å². The lowest BCUT2D eigenvalue weighted by Crippen LogP contribution is -2.29. The number of aryl methyl sites for hydroxylation is 2. The minimum atomic E-state index is 0.0168. The number of pyridine rings is 1. The Balaban J connectivity index is 1.30. The van der Waals surface area contributed by atoms with E-state index in [1.165, 1.54) is 0 Å². The minimum Gasteiger partial charge on any atom is -0.337 e. The number of nitrogens with zero attached hydrogens (tertiary/aromatic N) is 6. The molecule has 3 aromatic rings. The monoisotopic (exact) mass is 366 g/mol. The fraction of sp³-hybridized carbons (Fsp3) is 0.421. The van der Waals surface area contributed by atoms with Gasteiger partial charge in [0, 0.05) is 44.6 Å². The lowest BCUT2D eigenvalue weighted by molar-refractivity contribution is 0.0780. The first-order valence-electron chi connectivity index (χ1n) is 9.28. The van der Waals surface area contributed by atoms with Gasteiger partial charge in [-0.2, -0.15) is 10.1 Å². The second kappa shape index (κ2) is 7.69. The van der Waals surface area contributed by atoms with Gasteiger partial charge in [-0.15, -0.1) is 0 Å². The van der Waals surface area contributed by atoms with Crippen molar-refractivity contribution in [3.05, 3.63) is 48.3 Å². The van der Waals surface area contributed by atoms with E-state index in [0.29, 0.717) is 23.3 Å². The normalized spacial score (nSPS) is 16.8. The van der Waals surface area contributed by atoms with Gasteiger partial charge < -0.3 is 9.42 Å². The molecule has 0 aliphatic carbocycles. The number of carbonyl (C=O) groups excluding carboxylic acids is 1. The van der Waals surface area contributed by atoms with Crippen LogP contribution in [0.5, 0.6) is 0 Å². The Morgan fingerprint density at radius 1 is 1.37 bits per heavy atom. The first kappa shape index (κ1) is 17.4. The molecule has 4 heterocycles. The van der Waals surface area contributed by atoms with E-state index in [0.717, 1.165) is 44.5 Å². The summed E-state index contributed by atoms with van der Waals surface area (Å²) < 4.78 is 7.09. The molecule has 3 aromatic heterocycles. The average Bonchev–Trinajstić information content (AvgIpc) is 3.47. The summed E-state index contributed by atoms with van der Waals surface area (Å²) in [6.07, 6.45) is 7.92. The molecule has 4 rings (SSSR count). The summed E-state index contributed by atoms with van der Waals surface area (Å²) in [4.78, 5) is 23.0. The molecule has 8 nitrogen and oxygen atoms in total. The van der Waals surface area contributed by atoms with Crippen molar-refractivity contribution in [1.82, 2.24) is 29.8 Å². The Hall–Kier alpha value is -3.03. The molecule has 1 aliphatic rings. The van der Waals surface area contributed by atoms with E-state index in [2.05, 4.69) is 20.2 Å². The molecule has 1 saturated heterocycles. The molecule has 0 saturated carbocycles. The third-order valence-corrected chi connectivity index (χ3v) is 4.91. The number of aromatic nitrogens is 5. The largest absolute Gasteiger partial charge is 0.337 e. The van der Waals surface area contributed by atoms with Crippen molar-refractivity contribution in [2.45, 2.75) is 32.7 Å². The number of carbonyl (C=O) groups is 1. The summed E-state index contributed by atoms with van der Waals surface area (Å²) in [5, 5.41) is 8.37. The smallest absolute Gasteiger partial charge is 0.274 e. The van der Waals surface area contributed by atoms with Crippen LogP contribution in [0.25, 0.3) is 11.5 Å². The van der Waals surface area contributed by atoms with Gasteiger partial charge >= 0.3 is 0 Å². The second-order valence-corrected chi connectivity index (χ2v) is 6.76. The van der Waals surface area contributed by atoms with Gasteiger partial charge in [-0.25, -0.2) is 0 Å². The quantitative estimate of drug-likeness (QED) is 0.666. The molecular formula is C19H22N6O2. The van der Waals surface area contributed by atoms with Gasteiger partial charge in [-0.05, 0) is 43.9 Å². The van der Waals surface area contributed by atoms with Gasteiger partial charge in [0.1, 0.15) is 5.69 Å². The van der Waals surface area contributed by atoms with Gasteiger partial charge in [0.25, 0.3) is 11.8 Å². The molecule has 0 bridgehead atoms. The molecule has 0 N–H and O–H groups in total. The summed E-state index contributed by atoms with van der Waals surface area (Å²) in [7, 11) is 0. The number of hydrogen-bond donors (Lipinski definition) is 0. The lowest BCUT2D eigenvalue weighted by Gasteiger charge is -2.14. The minimum absolute atomic E-state index is 0.0168. The summed E-state index contributed by atoms with van der Waals surface area (Å²) in [5.41, 5.74) is 1.34. The van der Waals surface area contributed by atoms with Crippen LogP contribution in [-0.4, -0.2) is 48.8 Å². The molecule has 0 spiro atoms. The number of hydrogen-bond acceptors (Lipinski definition) is 6. The fourth-order valence-corrected chi connectivity index (χ4v) is 3.36. The van der Waals surface area contributed by atoms with Crippen molar-refractivity contribution < 1.29 is 9.32 Å². The average molecular weight is 366 g/mol. The first-order valence-corrected chi connectivity index (χ1v) is 9.28. The molecule has 1 amide bonds. The molecule has 1 fully saturated rings. The SMILES string of the molecule is CCn1ccc(C(=O)N2CCC(CCc3noc(-c4cccnc4)n3)C2)n1. The predicted octanol–water partition coefficient (Wildman–Crippen LogP) is 2.44. The van der Waals surface area contributed by atoms with Crippen molar-refractivity contribution in [1.29, 1.82) is 0 Å². The highest BCUT2D eigenvalue weighted by Gasteiger charge is 2.28. The van der Waals surface area contributed by atoms with E-state index in [4.69, 9.17) is 4.52 Å². The highest BCUT2D eigenvalue weighted by atomic mass is 16.5. The van der Waals surface area contributed by atoms with E-state index >= 15 is 0 Å². The Bertz CT molecular complexity index is 904.